The van der Waals surface area contributed by atoms with Gasteiger partial charge in [0.05, 0.1) is 12.2 Å². The second kappa shape index (κ2) is 3.25. The van der Waals surface area contributed by atoms with Gasteiger partial charge in [-0.25, -0.2) is 4.39 Å². The second-order valence-electron chi connectivity index (χ2n) is 2.16. The highest BCUT2D eigenvalue weighted by Gasteiger charge is 2.05. The summed E-state index contributed by atoms with van der Waals surface area (Å²) in [7, 11) is 0. The highest BCUT2D eigenvalue weighted by molar-refractivity contribution is 5.20. The van der Waals surface area contributed by atoms with Crippen LogP contribution in [0.3, 0.4) is 0 Å². The third-order valence-electron chi connectivity index (χ3n) is 1.42. The average Bonchev–Trinajstić information content (AvgIpc) is 2.04. The molecule has 1 rings (SSSR count). The fraction of sp³-hybridized carbons (Fsp3) is 0.125. The Labute approximate surface area is 64.6 Å². The number of hydrogen-bond donors (Lipinski definition) is 1. The molecule has 0 amide bonds. The van der Waals surface area contributed by atoms with Crippen LogP contribution in [0.5, 0.6) is 0 Å². The van der Waals surface area contributed by atoms with Crippen LogP contribution in [-0.2, 0) is 0 Å². The van der Waals surface area contributed by atoms with Gasteiger partial charge in [0.25, 0.3) is 0 Å². The molecule has 1 heterocycles. The number of hydrogen-bond acceptors (Lipinski definition) is 2. The van der Waals surface area contributed by atoms with E-state index < -0.39 is 6.04 Å². The van der Waals surface area contributed by atoms with Gasteiger partial charge < -0.3 is 5.73 Å². The third kappa shape index (κ3) is 1.62. The molecule has 0 bridgehead atoms. The van der Waals surface area contributed by atoms with Crippen LogP contribution >= 0.6 is 0 Å². The minimum absolute atomic E-state index is 0.389. The van der Waals surface area contributed by atoms with Gasteiger partial charge in [-0.15, -0.1) is 6.58 Å². The molecule has 11 heavy (non-hydrogen) atoms. The molecule has 0 aliphatic heterocycles. The quantitative estimate of drug-likeness (QED) is 0.650. The van der Waals surface area contributed by atoms with E-state index in [0.29, 0.717) is 5.56 Å². The summed E-state index contributed by atoms with van der Waals surface area (Å²) in [5.74, 6) is -0.389. The van der Waals surface area contributed by atoms with E-state index in [1.54, 1.807) is 6.07 Å². The molecule has 1 aromatic rings. The Hall–Kier alpha value is -1.22. The number of nitrogens with zero attached hydrogens (tertiary/aromatic N) is 1. The van der Waals surface area contributed by atoms with Crippen molar-refractivity contribution in [3.05, 3.63) is 42.5 Å². The SMILES string of the molecule is C=C[C@H](N)c1ccncc1F. The Morgan fingerprint density at radius 3 is 3.00 bits per heavy atom. The van der Waals surface area contributed by atoms with Crippen molar-refractivity contribution in [2.45, 2.75) is 6.04 Å². The number of pyridine rings is 1. The van der Waals surface area contributed by atoms with Crippen molar-refractivity contribution in [3.8, 4) is 0 Å². The van der Waals surface area contributed by atoms with Crippen molar-refractivity contribution in [3.63, 3.8) is 0 Å². The minimum Gasteiger partial charge on any atom is -0.321 e. The predicted molar refractivity (Wildman–Crippen MR) is 41.3 cm³/mol. The molecule has 0 saturated carbocycles. The lowest BCUT2D eigenvalue weighted by atomic mass is 10.1. The highest BCUT2D eigenvalue weighted by atomic mass is 19.1. The van der Waals surface area contributed by atoms with Gasteiger partial charge in [0.1, 0.15) is 5.82 Å². The molecule has 0 radical (unpaired) electrons. The molecular formula is C8H9FN2. The fourth-order valence-electron chi connectivity index (χ4n) is 0.783. The van der Waals surface area contributed by atoms with E-state index in [2.05, 4.69) is 11.6 Å². The molecule has 1 aromatic heterocycles. The van der Waals surface area contributed by atoms with Crippen LogP contribution in [0.25, 0.3) is 0 Å². The second-order valence-corrected chi connectivity index (χ2v) is 2.16. The van der Waals surface area contributed by atoms with Gasteiger partial charge in [0, 0.05) is 11.8 Å². The number of rotatable bonds is 2. The van der Waals surface area contributed by atoms with Crippen molar-refractivity contribution in [2.75, 3.05) is 0 Å². The summed E-state index contributed by atoms with van der Waals surface area (Å²) in [6.45, 7) is 3.47. The molecule has 1 atom stereocenters. The van der Waals surface area contributed by atoms with Gasteiger partial charge in [0.2, 0.25) is 0 Å². The number of nitrogens with two attached hydrogens (primary N) is 1. The Bertz CT molecular complexity index is 260. The summed E-state index contributed by atoms with van der Waals surface area (Å²) < 4.78 is 12.8. The van der Waals surface area contributed by atoms with Crippen LogP contribution in [0.1, 0.15) is 11.6 Å². The predicted octanol–water partition coefficient (Wildman–Crippen LogP) is 1.41. The van der Waals surface area contributed by atoms with E-state index in [4.69, 9.17) is 5.73 Å². The maximum Gasteiger partial charge on any atom is 0.146 e. The summed E-state index contributed by atoms with van der Waals surface area (Å²) in [4.78, 5) is 3.60. The van der Waals surface area contributed by atoms with Crippen LogP contribution < -0.4 is 5.73 Å². The first kappa shape index (κ1) is 7.88. The average molecular weight is 152 g/mol. The van der Waals surface area contributed by atoms with Gasteiger partial charge in [-0.3, -0.25) is 4.98 Å². The molecular weight excluding hydrogens is 143 g/mol. The molecule has 0 fully saturated rings. The Morgan fingerprint density at radius 1 is 1.73 bits per heavy atom. The normalized spacial score (nSPS) is 12.5. The van der Waals surface area contributed by atoms with Crippen molar-refractivity contribution < 1.29 is 4.39 Å². The van der Waals surface area contributed by atoms with Crippen LogP contribution in [0, 0.1) is 5.82 Å². The third-order valence-corrected chi connectivity index (χ3v) is 1.42. The van der Waals surface area contributed by atoms with E-state index in [9.17, 15) is 4.39 Å². The van der Waals surface area contributed by atoms with E-state index in [0.717, 1.165) is 6.20 Å². The van der Waals surface area contributed by atoms with Crippen molar-refractivity contribution in [1.82, 2.24) is 4.98 Å². The Morgan fingerprint density at radius 2 is 2.45 bits per heavy atom. The topological polar surface area (TPSA) is 38.9 Å². The molecule has 3 heteroatoms. The molecule has 0 aliphatic carbocycles. The van der Waals surface area contributed by atoms with E-state index in [-0.39, 0.29) is 5.82 Å². The largest absolute Gasteiger partial charge is 0.321 e. The van der Waals surface area contributed by atoms with Crippen molar-refractivity contribution in [1.29, 1.82) is 0 Å². The maximum atomic E-state index is 12.8. The van der Waals surface area contributed by atoms with Gasteiger partial charge in [-0.1, -0.05) is 6.08 Å². The first-order valence-electron chi connectivity index (χ1n) is 3.23. The maximum absolute atomic E-state index is 12.8. The van der Waals surface area contributed by atoms with E-state index >= 15 is 0 Å². The Balaban J connectivity index is 3.02. The number of halogens is 1. The fourth-order valence-corrected chi connectivity index (χ4v) is 0.783. The molecule has 0 saturated heterocycles. The number of aromatic nitrogens is 1. The highest BCUT2D eigenvalue weighted by Crippen LogP contribution is 2.13. The van der Waals surface area contributed by atoms with Crippen LogP contribution in [0.4, 0.5) is 4.39 Å². The standard InChI is InChI=1S/C8H9FN2/c1-2-8(10)6-3-4-11-5-7(6)9/h2-5,8H,1,10H2/t8-/m0/s1. The first-order valence-corrected chi connectivity index (χ1v) is 3.23. The lowest BCUT2D eigenvalue weighted by molar-refractivity contribution is 0.596. The molecule has 0 aromatic carbocycles. The van der Waals surface area contributed by atoms with Gasteiger partial charge in [0.15, 0.2) is 0 Å². The zero-order chi connectivity index (χ0) is 8.27. The molecule has 0 spiro atoms. The summed E-state index contributed by atoms with van der Waals surface area (Å²) >= 11 is 0. The summed E-state index contributed by atoms with van der Waals surface area (Å²) in [6, 6.07) is 1.10. The lowest BCUT2D eigenvalue weighted by Crippen LogP contribution is -2.08. The summed E-state index contributed by atoms with van der Waals surface area (Å²) in [5, 5.41) is 0. The van der Waals surface area contributed by atoms with Gasteiger partial charge >= 0.3 is 0 Å². The molecule has 58 valence electrons. The van der Waals surface area contributed by atoms with Crippen molar-refractivity contribution >= 4 is 0 Å². The Kier molecular flexibility index (Phi) is 2.33. The lowest BCUT2D eigenvalue weighted by Gasteiger charge is -2.05. The van der Waals surface area contributed by atoms with Crippen LogP contribution in [-0.4, -0.2) is 4.98 Å². The first-order chi connectivity index (χ1) is 5.25. The van der Waals surface area contributed by atoms with Gasteiger partial charge in [-0.05, 0) is 6.07 Å². The van der Waals surface area contributed by atoms with Crippen molar-refractivity contribution in [2.24, 2.45) is 5.73 Å². The molecule has 0 aliphatic rings. The molecule has 0 unspecified atom stereocenters. The minimum atomic E-state index is -0.446. The summed E-state index contributed by atoms with van der Waals surface area (Å²) in [6.07, 6.45) is 4.12. The molecule has 2 N–H and O–H groups in total. The molecule has 2 nitrogen and oxygen atoms in total. The van der Waals surface area contributed by atoms with E-state index in [1.807, 2.05) is 0 Å². The monoisotopic (exact) mass is 152 g/mol. The van der Waals surface area contributed by atoms with E-state index in [1.165, 1.54) is 12.3 Å². The van der Waals surface area contributed by atoms with Crippen LogP contribution in [0.15, 0.2) is 31.1 Å². The van der Waals surface area contributed by atoms with Gasteiger partial charge in [-0.2, -0.15) is 0 Å². The smallest absolute Gasteiger partial charge is 0.146 e. The zero-order valence-corrected chi connectivity index (χ0v) is 6.00. The summed E-state index contributed by atoms with van der Waals surface area (Å²) in [5.41, 5.74) is 5.94. The zero-order valence-electron chi connectivity index (χ0n) is 6.00. The van der Waals surface area contributed by atoms with Crippen LogP contribution in [0.2, 0.25) is 0 Å².